The minimum atomic E-state index is -0.624. The minimum absolute atomic E-state index is 0.198. The molecule has 5 nitrogen and oxygen atoms in total. The topological polar surface area (TPSA) is 69.2 Å². The summed E-state index contributed by atoms with van der Waals surface area (Å²) in [7, 11) is 0. The van der Waals surface area contributed by atoms with E-state index in [1.807, 2.05) is 19.9 Å². The maximum atomic E-state index is 12.2. The number of benzene rings is 1. The molecule has 0 saturated carbocycles. The van der Waals surface area contributed by atoms with Gasteiger partial charge in [-0.05, 0) is 18.9 Å². The molecule has 1 aromatic heterocycles. The van der Waals surface area contributed by atoms with Crippen molar-refractivity contribution < 1.29 is 9.53 Å². The van der Waals surface area contributed by atoms with Gasteiger partial charge >= 0.3 is 11.5 Å². The van der Waals surface area contributed by atoms with Gasteiger partial charge in [-0.25, -0.2) is 9.97 Å². The lowest BCUT2D eigenvalue weighted by atomic mass is 9.99. The number of rotatable bonds is 6. The molecular formula is C17H20N2O3. The summed E-state index contributed by atoms with van der Waals surface area (Å²) in [4.78, 5) is 32.2. The third-order valence-electron chi connectivity index (χ3n) is 3.47. The number of hydrogen-bond donors (Lipinski definition) is 0. The Morgan fingerprint density at radius 1 is 1.18 bits per heavy atom. The fourth-order valence-corrected chi connectivity index (χ4v) is 2.36. The van der Waals surface area contributed by atoms with Gasteiger partial charge in [0.1, 0.15) is 0 Å². The Balaban J connectivity index is 2.29. The van der Waals surface area contributed by atoms with E-state index in [0.717, 1.165) is 31.1 Å². The van der Waals surface area contributed by atoms with Gasteiger partial charge in [0.05, 0.1) is 11.4 Å². The second-order valence-electron chi connectivity index (χ2n) is 5.23. The first-order chi connectivity index (χ1) is 10.7. The van der Waals surface area contributed by atoms with Gasteiger partial charge in [0, 0.05) is 11.6 Å². The number of aromatic nitrogens is 2. The molecule has 0 radical (unpaired) electrons. The molecule has 1 aromatic carbocycles. The van der Waals surface area contributed by atoms with Crippen LogP contribution in [0.25, 0.3) is 10.9 Å². The molecule has 22 heavy (non-hydrogen) atoms. The van der Waals surface area contributed by atoms with Crippen molar-refractivity contribution in [3.8, 4) is 5.88 Å². The highest BCUT2D eigenvalue weighted by Gasteiger charge is 2.20. The summed E-state index contributed by atoms with van der Waals surface area (Å²) in [6.07, 6.45) is 4.77. The van der Waals surface area contributed by atoms with Crippen molar-refractivity contribution in [2.75, 3.05) is 0 Å². The summed E-state index contributed by atoms with van der Waals surface area (Å²) >= 11 is 0. The summed E-state index contributed by atoms with van der Waals surface area (Å²) in [6.45, 7) is 4.04. The van der Waals surface area contributed by atoms with Gasteiger partial charge in [-0.1, -0.05) is 44.9 Å². The third kappa shape index (κ3) is 3.87. The number of carbonyl (C=O) groups excluding carboxylic acids is 1. The first kappa shape index (κ1) is 16.1. The van der Waals surface area contributed by atoms with E-state index in [1.54, 1.807) is 18.2 Å². The molecule has 2 rings (SSSR count). The molecule has 2 aromatic rings. The molecule has 0 bridgehead atoms. The van der Waals surface area contributed by atoms with Crippen molar-refractivity contribution in [3.05, 3.63) is 40.8 Å². The molecule has 116 valence electrons. The number of fused-ring (bicyclic) bond motifs is 1. The Morgan fingerprint density at radius 3 is 2.55 bits per heavy atom. The highest BCUT2D eigenvalue weighted by molar-refractivity contribution is 5.77. The van der Waals surface area contributed by atoms with Gasteiger partial charge in [-0.2, -0.15) is 0 Å². The SMILES string of the molecule is CCCC(CCC)C(=O)Oc1ncc2ccccc2nc1=O. The van der Waals surface area contributed by atoms with E-state index in [-0.39, 0.29) is 11.8 Å². The predicted octanol–water partition coefficient (Wildman–Crippen LogP) is 3.11. The summed E-state index contributed by atoms with van der Waals surface area (Å²) in [6, 6.07) is 7.15. The fraction of sp³-hybridized carbons (Fsp3) is 0.412. The zero-order chi connectivity index (χ0) is 15.9. The molecule has 0 aliphatic carbocycles. The Kier molecular flexibility index (Phi) is 5.58. The van der Waals surface area contributed by atoms with Crippen LogP contribution >= 0.6 is 0 Å². The van der Waals surface area contributed by atoms with Crippen LogP contribution in [0.3, 0.4) is 0 Å². The molecule has 0 amide bonds. The van der Waals surface area contributed by atoms with Crippen LogP contribution in [0.2, 0.25) is 0 Å². The van der Waals surface area contributed by atoms with Crippen molar-refractivity contribution in [3.63, 3.8) is 0 Å². The Bertz CT molecular complexity index is 710. The van der Waals surface area contributed by atoms with Crippen molar-refractivity contribution in [1.82, 2.24) is 9.97 Å². The van der Waals surface area contributed by atoms with Crippen LogP contribution in [0.5, 0.6) is 5.88 Å². The van der Waals surface area contributed by atoms with Gasteiger partial charge in [0.2, 0.25) is 0 Å². The summed E-state index contributed by atoms with van der Waals surface area (Å²) in [5.74, 6) is -0.847. The molecule has 5 heteroatoms. The zero-order valence-electron chi connectivity index (χ0n) is 12.9. The second kappa shape index (κ2) is 7.64. The highest BCUT2D eigenvalue weighted by Crippen LogP contribution is 2.16. The molecular weight excluding hydrogens is 280 g/mol. The Hall–Kier alpha value is -2.30. The van der Waals surface area contributed by atoms with Crippen LogP contribution in [0.15, 0.2) is 35.3 Å². The molecule has 0 saturated heterocycles. The lowest BCUT2D eigenvalue weighted by molar-refractivity contribution is -0.139. The van der Waals surface area contributed by atoms with Crippen LogP contribution in [-0.2, 0) is 4.79 Å². The first-order valence-corrected chi connectivity index (χ1v) is 7.63. The van der Waals surface area contributed by atoms with Crippen LogP contribution in [-0.4, -0.2) is 15.9 Å². The van der Waals surface area contributed by atoms with E-state index in [2.05, 4.69) is 9.97 Å². The van der Waals surface area contributed by atoms with Gasteiger partial charge in [0.25, 0.3) is 5.88 Å². The normalized spacial score (nSPS) is 10.9. The molecule has 0 spiro atoms. The maximum Gasteiger partial charge on any atom is 0.333 e. The van der Waals surface area contributed by atoms with Gasteiger partial charge in [-0.15, -0.1) is 0 Å². The first-order valence-electron chi connectivity index (χ1n) is 7.63. The number of nitrogens with zero attached hydrogens (tertiary/aromatic N) is 2. The van der Waals surface area contributed by atoms with E-state index < -0.39 is 11.5 Å². The molecule has 0 aliphatic rings. The maximum absolute atomic E-state index is 12.2. The van der Waals surface area contributed by atoms with E-state index in [9.17, 15) is 9.59 Å². The van der Waals surface area contributed by atoms with Crippen LogP contribution in [0, 0.1) is 5.92 Å². The van der Waals surface area contributed by atoms with Gasteiger partial charge in [0.15, 0.2) is 0 Å². The fourth-order valence-electron chi connectivity index (χ4n) is 2.36. The van der Waals surface area contributed by atoms with Crippen LogP contribution in [0.1, 0.15) is 39.5 Å². The average molecular weight is 300 g/mol. The second-order valence-corrected chi connectivity index (χ2v) is 5.23. The summed E-state index contributed by atoms with van der Waals surface area (Å²) in [5, 5.41) is 0.723. The minimum Gasteiger partial charge on any atom is -0.401 e. The zero-order valence-corrected chi connectivity index (χ0v) is 12.9. The molecule has 0 aliphatic heterocycles. The smallest absolute Gasteiger partial charge is 0.333 e. The van der Waals surface area contributed by atoms with E-state index in [1.165, 1.54) is 6.20 Å². The molecule has 1 heterocycles. The summed E-state index contributed by atoms with van der Waals surface area (Å²) in [5.41, 5.74) is -0.0951. The van der Waals surface area contributed by atoms with Crippen LogP contribution < -0.4 is 10.3 Å². The number of esters is 1. The number of para-hydroxylation sites is 1. The number of hydrogen-bond acceptors (Lipinski definition) is 5. The van der Waals surface area contributed by atoms with E-state index >= 15 is 0 Å². The third-order valence-corrected chi connectivity index (χ3v) is 3.47. The number of ether oxygens (including phenoxy) is 1. The van der Waals surface area contributed by atoms with Crippen molar-refractivity contribution in [2.24, 2.45) is 5.92 Å². The highest BCUT2D eigenvalue weighted by atomic mass is 16.5. The van der Waals surface area contributed by atoms with Crippen molar-refractivity contribution >= 4 is 16.9 Å². The lowest BCUT2D eigenvalue weighted by Gasteiger charge is -2.12. The lowest BCUT2D eigenvalue weighted by Crippen LogP contribution is -2.23. The quantitative estimate of drug-likeness (QED) is 0.767. The van der Waals surface area contributed by atoms with Gasteiger partial charge in [-0.3, -0.25) is 9.59 Å². The average Bonchev–Trinajstić information content (AvgIpc) is 2.66. The van der Waals surface area contributed by atoms with Crippen molar-refractivity contribution in [1.29, 1.82) is 0 Å². The standard InChI is InChI=1S/C17H20N2O3/c1-3-7-12(8-4-2)17(21)22-16-15(20)19-14-10-6-5-9-13(14)11-18-16/h5-6,9-12H,3-4,7-8H2,1-2H3. The molecule has 0 fully saturated rings. The molecule has 0 unspecified atom stereocenters. The van der Waals surface area contributed by atoms with E-state index in [0.29, 0.717) is 5.52 Å². The van der Waals surface area contributed by atoms with Crippen molar-refractivity contribution in [2.45, 2.75) is 39.5 Å². The Labute approximate surface area is 129 Å². The monoisotopic (exact) mass is 300 g/mol. The number of carbonyl (C=O) groups is 1. The van der Waals surface area contributed by atoms with E-state index in [4.69, 9.17) is 4.74 Å². The summed E-state index contributed by atoms with van der Waals surface area (Å²) < 4.78 is 5.22. The van der Waals surface area contributed by atoms with Gasteiger partial charge < -0.3 is 4.74 Å². The molecule has 0 N–H and O–H groups in total. The predicted molar refractivity (Wildman–Crippen MR) is 84.7 cm³/mol. The Morgan fingerprint density at radius 2 is 1.86 bits per heavy atom. The molecule has 0 atom stereocenters. The largest absolute Gasteiger partial charge is 0.401 e. The van der Waals surface area contributed by atoms with Crippen LogP contribution in [0.4, 0.5) is 0 Å².